The summed E-state index contributed by atoms with van der Waals surface area (Å²) in [4.78, 5) is 17.1. The van der Waals surface area contributed by atoms with Crippen molar-refractivity contribution in [2.75, 3.05) is 0 Å². The third kappa shape index (κ3) is 3.66. The van der Waals surface area contributed by atoms with Gasteiger partial charge in [-0.05, 0) is 32.9 Å². The molecule has 5 nitrogen and oxygen atoms in total. The van der Waals surface area contributed by atoms with Gasteiger partial charge in [0.15, 0.2) is 0 Å². The van der Waals surface area contributed by atoms with Crippen LogP contribution in [-0.4, -0.2) is 21.3 Å². The predicted molar refractivity (Wildman–Crippen MR) is 71.9 cm³/mol. The number of para-hydroxylation sites is 1. The van der Waals surface area contributed by atoms with Gasteiger partial charge >= 0.3 is 0 Å². The molecule has 100 valence electrons. The molecule has 19 heavy (non-hydrogen) atoms. The van der Waals surface area contributed by atoms with E-state index in [9.17, 15) is 4.79 Å². The fourth-order valence-corrected chi connectivity index (χ4v) is 1.42. The molecule has 0 aliphatic rings. The van der Waals surface area contributed by atoms with Gasteiger partial charge in [0.25, 0.3) is 5.91 Å². The number of carbonyl (C=O) groups excluding carboxylic acids is 1. The number of amides is 1. The van der Waals surface area contributed by atoms with Gasteiger partial charge in [0.2, 0.25) is 0 Å². The van der Waals surface area contributed by atoms with Crippen molar-refractivity contribution in [1.29, 1.82) is 0 Å². The zero-order chi connectivity index (χ0) is 13.9. The second-order valence-electron chi connectivity index (χ2n) is 5.15. The summed E-state index contributed by atoms with van der Waals surface area (Å²) in [6.07, 6.45) is 3.17. The predicted octanol–water partition coefficient (Wildman–Crippen LogP) is 2.33. The molecule has 0 fully saturated rings. The Hall–Kier alpha value is -2.14. The largest absolute Gasteiger partial charge is 0.278 e. The van der Waals surface area contributed by atoms with E-state index in [1.54, 1.807) is 10.9 Å². The number of aromatic nitrogens is 2. The Bertz CT molecular complexity index is 556. The van der Waals surface area contributed by atoms with Gasteiger partial charge < -0.3 is 0 Å². The van der Waals surface area contributed by atoms with Gasteiger partial charge in [0.1, 0.15) is 0 Å². The minimum Gasteiger partial charge on any atom is -0.268 e. The molecule has 0 radical (unpaired) electrons. The average Bonchev–Trinajstić information content (AvgIpc) is 2.86. The summed E-state index contributed by atoms with van der Waals surface area (Å²) in [6.45, 7) is 5.59. The summed E-state index contributed by atoms with van der Waals surface area (Å²) in [7, 11) is 0. The van der Waals surface area contributed by atoms with E-state index in [-0.39, 0.29) is 5.91 Å². The van der Waals surface area contributed by atoms with E-state index in [2.05, 4.69) is 10.6 Å². The van der Waals surface area contributed by atoms with Crippen molar-refractivity contribution in [3.8, 4) is 5.69 Å². The van der Waals surface area contributed by atoms with E-state index in [1.807, 2.05) is 51.1 Å². The maximum atomic E-state index is 11.8. The smallest absolute Gasteiger partial charge is 0.268 e. The third-order valence-electron chi connectivity index (χ3n) is 2.32. The lowest BCUT2D eigenvalue weighted by molar-refractivity contribution is -0.0589. The SMILES string of the molecule is CC(C)(C)ONC(=O)c1cnn(-c2ccccc2)c1. The molecule has 2 aromatic rings. The molecule has 0 aliphatic carbocycles. The maximum absolute atomic E-state index is 11.8. The number of hydrogen-bond acceptors (Lipinski definition) is 3. The highest BCUT2D eigenvalue weighted by molar-refractivity contribution is 5.93. The topological polar surface area (TPSA) is 56.1 Å². The van der Waals surface area contributed by atoms with E-state index in [1.165, 1.54) is 6.20 Å². The van der Waals surface area contributed by atoms with Gasteiger partial charge in [-0.2, -0.15) is 5.10 Å². The Labute approximate surface area is 112 Å². The zero-order valence-corrected chi connectivity index (χ0v) is 11.3. The lowest BCUT2D eigenvalue weighted by Crippen LogP contribution is -2.33. The Morgan fingerprint density at radius 3 is 2.58 bits per heavy atom. The Morgan fingerprint density at radius 2 is 1.95 bits per heavy atom. The second-order valence-corrected chi connectivity index (χ2v) is 5.15. The minimum atomic E-state index is -0.426. The Kier molecular flexibility index (Phi) is 3.66. The van der Waals surface area contributed by atoms with Gasteiger partial charge in [-0.1, -0.05) is 18.2 Å². The van der Waals surface area contributed by atoms with Crippen molar-refractivity contribution >= 4 is 5.91 Å². The molecule has 1 N–H and O–H groups in total. The lowest BCUT2D eigenvalue weighted by Gasteiger charge is -2.18. The molecule has 0 spiro atoms. The minimum absolute atomic E-state index is 0.308. The number of hydroxylamine groups is 1. The lowest BCUT2D eigenvalue weighted by atomic mass is 10.2. The van der Waals surface area contributed by atoms with E-state index in [4.69, 9.17) is 4.84 Å². The van der Waals surface area contributed by atoms with E-state index in [0.29, 0.717) is 5.56 Å². The fraction of sp³-hybridized carbons (Fsp3) is 0.286. The molecule has 0 bridgehead atoms. The number of hydrogen-bond donors (Lipinski definition) is 1. The summed E-state index contributed by atoms with van der Waals surface area (Å²) in [5, 5.41) is 4.15. The normalized spacial score (nSPS) is 11.3. The Morgan fingerprint density at radius 1 is 1.26 bits per heavy atom. The van der Waals surface area contributed by atoms with E-state index in [0.717, 1.165) is 5.69 Å². The van der Waals surface area contributed by atoms with E-state index >= 15 is 0 Å². The van der Waals surface area contributed by atoms with Crippen LogP contribution in [0.25, 0.3) is 5.69 Å². The van der Waals surface area contributed by atoms with Crippen LogP contribution in [0.5, 0.6) is 0 Å². The molecule has 0 saturated heterocycles. The summed E-state index contributed by atoms with van der Waals surface area (Å²) in [5.41, 5.74) is 3.34. The molecule has 1 heterocycles. The van der Waals surface area contributed by atoms with Crippen LogP contribution in [0.15, 0.2) is 42.7 Å². The average molecular weight is 259 g/mol. The van der Waals surface area contributed by atoms with Crippen LogP contribution in [0.3, 0.4) is 0 Å². The highest BCUT2D eigenvalue weighted by Gasteiger charge is 2.15. The van der Waals surface area contributed by atoms with Crippen LogP contribution in [0.4, 0.5) is 0 Å². The first-order chi connectivity index (χ1) is 8.96. The van der Waals surface area contributed by atoms with Crippen molar-refractivity contribution in [3.63, 3.8) is 0 Å². The highest BCUT2D eigenvalue weighted by Crippen LogP contribution is 2.09. The highest BCUT2D eigenvalue weighted by atomic mass is 16.7. The molecule has 0 saturated carbocycles. The maximum Gasteiger partial charge on any atom is 0.278 e. The standard InChI is InChI=1S/C14H17N3O2/c1-14(2,3)19-16-13(18)11-9-15-17(10-11)12-7-5-4-6-8-12/h4-10H,1-3H3,(H,16,18). The number of rotatable bonds is 3. The summed E-state index contributed by atoms with van der Waals surface area (Å²) >= 11 is 0. The molecule has 2 rings (SSSR count). The summed E-state index contributed by atoms with van der Waals surface area (Å²) in [5.74, 6) is -0.308. The number of carbonyl (C=O) groups is 1. The molecule has 5 heteroatoms. The van der Waals surface area contributed by atoms with Crippen molar-refractivity contribution in [2.24, 2.45) is 0 Å². The number of nitrogens with zero attached hydrogens (tertiary/aromatic N) is 2. The van der Waals surface area contributed by atoms with Crippen LogP contribution < -0.4 is 5.48 Å². The molecule has 0 atom stereocenters. The molecular formula is C14H17N3O2. The summed E-state index contributed by atoms with van der Waals surface area (Å²) < 4.78 is 1.64. The monoisotopic (exact) mass is 259 g/mol. The molecule has 1 amide bonds. The molecule has 0 aliphatic heterocycles. The third-order valence-corrected chi connectivity index (χ3v) is 2.32. The first-order valence-electron chi connectivity index (χ1n) is 6.04. The first kappa shape index (κ1) is 13.3. The van der Waals surface area contributed by atoms with Crippen molar-refractivity contribution < 1.29 is 9.63 Å². The van der Waals surface area contributed by atoms with Crippen LogP contribution in [0.2, 0.25) is 0 Å². The van der Waals surface area contributed by atoms with Gasteiger partial charge in [0, 0.05) is 6.20 Å². The van der Waals surface area contributed by atoms with Crippen LogP contribution in [-0.2, 0) is 4.84 Å². The molecule has 0 unspecified atom stereocenters. The quantitative estimate of drug-likeness (QED) is 0.861. The van der Waals surface area contributed by atoms with Crippen LogP contribution in [0, 0.1) is 0 Å². The fourth-order valence-electron chi connectivity index (χ4n) is 1.42. The van der Waals surface area contributed by atoms with Crippen LogP contribution >= 0.6 is 0 Å². The zero-order valence-electron chi connectivity index (χ0n) is 11.3. The van der Waals surface area contributed by atoms with E-state index < -0.39 is 5.60 Å². The van der Waals surface area contributed by atoms with Gasteiger partial charge in [0.05, 0.1) is 23.0 Å². The van der Waals surface area contributed by atoms with Gasteiger partial charge in [-0.25, -0.2) is 10.2 Å². The van der Waals surface area contributed by atoms with Gasteiger partial charge in [-0.3, -0.25) is 9.63 Å². The van der Waals surface area contributed by atoms with Crippen molar-refractivity contribution in [3.05, 3.63) is 48.3 Å². The molecular weight excluding hydrogens is 242 g/mol. The second kappa shape index (κ2) is 5.24. The Balaban J connectivity index is 2.07. The van der Waals surface area contributed by atoms with Crippen LogP contribution in [0.1, 0.15) is 31.1 Å². The van der Waals surface area contributed by atoms with Crippen molar-refractivity contribution in [1.82, 2.24) is 15.3 Å². The molecule has 1 aromatic heterocycles. The number of nitrogens with one attached hydrogen (secondary N) is 1. The molecule has 1 aromatic carbocycles. The first-order valence-corrected chi connectivity index (χ1v) is 6.04. The van der Waals surface area contributed by atoms with Gasteiger partial charge in [-0.15, -0.1) is 0 Å². The van der Waals surface area contributed by atoms with Crippen molar-refractivity contribution in [2.45, 2.75) is 26.4 Å². The number of benzene rings is 1. The summed E-state index contributed by atoms with van der Waals surface area (Å²) in [6, 6.07) is 9.59.